The van der Waals surface area contributed by atoms with E-state index in [9.17, 15) is 4.79 Å². The van der Waals surface area contributed by atoms with Crippen LogP contribution in [0.1, 0.15) is 25.5 Å². The molecule has 1 aromatic rings. The van der Waals surface area contributed by atoms with Crippen molar-refractivity contribution in [2.75, 3.05) is 0 Å². The molecule has 5 heteroatoms. The highest BCUT2D eigenvalue weighted by Crippen LogP contribution is 2.49. The second kappa shape index (κ2) is 3.47. The van der Waals surface area contributed by atoms with E-state index in [1.165, 1.54) is 0 Å². The van der Waals surface area contributed by atoms with Crippen molar-refractivity contribution in [3.05, 3.63) is 28.6 Å². The molecular formula is C12H12ClN3O. The van der Waals surface area contributed by atoms with Gasteiger partial charge in [0.2, 0.25) is 0 Å². The highest BCUT2D eigenvalue weighted by molar-refractivity contribution is 6.30. The predicted octanol–water partition coefficient (Wildman–Crippen LogP) is 2.34. The Hall–Kier alpha value is -1.55. The number of carbonyl (C=O) groups is 1. The molecular weight excluding hydrogens is 238 g/mol. The fraction of sp³-hybridized carbons (Fsp3) is 0.333. The van der Waals surface area contributed by atoms with Crippen molar-refractivity contribution in [1.29, 1.82) is 0 Å². The van der Waals surface area contributed by atoms with Gasteiger partial charge in [-0.1, -0.05) is 18.5 Å². The van der Waals surface area contributed by atoms with E-state index in [0.29, 0.717) is 10.7 Å². The van der Waals surface area contributed by atoms with Gasteiger partial charge < -0.3 is 4.98 Å². The minimum Gasteiger partial charge on any atom is -0.346 e. The smallest absolute Gasteiger partial charge is 0.273 e. The van der Waals surface area contributed by atoms with Gasteiger partial charge in [-0.2, -0.15) is 5.10 Å². The number of hydrogen-bond acceptors (Lipinski definition) is 2. The van der Waals surface area contributed by atoms with Crippen molar-refractivity contribution in [3.63, 3.8) is 0 Å². The van der Waals surface area contributed by atoms with E-state index in [1.54, 1.807) is 12.1 Å². The third kappa shape index (κ3) is 1.78. The number of halogens is 1. The molecule has 1 fully saturated rings. The summed E-state index contributed by atoms with van der Waals surface area (Å²) in [5, 5.41) is 4.70. The van der Waals surface area contributed by atoms with Gasteiger partial charge in [-0.25, -0.2) is 5.43 Å². The third-order valence-electron chi connectivity index (χ3n) is 3.31. The molecule has 0 unspecified atom stereocenters. The minimum atomic E-state index is -0.140. The fourth-order valence-electron chi connectivity index (χ4n) is 1.98. The quantitative estimate of drug-likeness (QED) is 0.777. The SMILES string of the molecule is CC1(C2=NNC(=O)/C2=C/c2ccc(Cl)[nH]2)CC1. The molecule has 1 aromatic heterocycles. The van der Waals surface area contributed by atoms with Crippen LogP contribution in [0.4, 0.5) is 0 Å². The average Bonchev–Trinajstić information content (AvgIpc) is 2.72. The van der Waals surface area contributed by atoms with Crippen molar-refractivity contribution in [2.45, 2.75) is 19.8 Å². The zero-order valence-electron chi connectivity index (χ0n) is 9.38. The second-order valence-electron chi connectivity index (χ2n) is 4.78. The Morgan fingerprint density at radius 3 is 2.82 bits per heavy atom. The van der Waals surface area contributed by atoms with Gasteiger partial charge >= 0.3 is 0 Å². The summed E-state index contributed by atoms with van der Waals surface area (Å²) in [6.45, 7) is 2.13. The van der Waals surface area contributed by atoms with E-state index in [0.717, 1.165) is 24.2 Å². The highest BCUT2D eigenvalue weighted by Gasteiger charge is 2.47. The molecule has 17 heavy (non-hydrogen) atoms. The zero-order valence-corrected chi connectivity index (χ0v) is 10.1. The van der Waals surface area contributed by atoms with Crippen LogP contribution in [0, 0.1) is 5.41 Å². The first-order valence-electron chi connectivity index (χ1n) is 5.54. The van der Waals surface area contributed by atoms with E-state index in [4.69, 9.17) is 11.6 Å². The number of aromatic nitrogens is 1. The monoisotopic (exact) mass is 249 g/mol. The maximum Gasteiger partial charge on any atom is 0.273 e. The van der Waals surface area contributed by atoms with Gasteiger partial charge in [0.15, 0.2) is 0 Å². The van der Waals surface area contributed by atoms with Gasteiger partial charge in [0.25, 0.3) is 5.91 Å². The van der Waals surface area contributed by atoms with Crippen LogP contribution in [0.2, 0.25) is 5.15 Å². The zero-order chi connectivity index (χ0) is 12.0. The molecule has 3 rings (SSSR count). The molecule has 2 N–H and O–H groups in total. The fourth-order valence-corrected chi connectivity index (χ4v) is 2.15. The molecule has 2 heterocycles. The Morgan fingerprint density at radius 1 is 1.47 bits per heavy atom. The van der Waals surface area contributed by atoms with E-state index in [2.05, 4.69) is 22.4 Å². The number of rotatable bonds is 2. The van der Waals surface area contributed by atoms with E-state index in [-0.39, 0.29) is 11.3 Å². The lowest BCUT2D eigenvalue weighted by Crippen LogP contribution is -2.17. The largest absolute Gasteiger partial charge is 0.346 e. The molecule has 4 nitrogen and oxygen atoms in total. The van der Waals surface area contributed by atoms with Crippen LogP contribution in [0.25, 0.3) is 6.08 Å². The van der Waals surface area contributed by atoms with Crippen LogP contribution in [-0.2, 0) is 4.79 Å². The molecule has 0 aromatic carbocycles. The maximum absolute atomic E-state index is 11.7. The molecule has 1 aliphatic heterocycles. The Bertz CT molecular complexity index is 552. The summed E-state index contributed by atoms with van der Waals surface area (Å²) >= 11 is 5.81. The molecule has 1 aliphatic carbocycles. The summed E-state index contributed by atoms with van der Waals surface area (Å²) in [7, 11) is 0. The van der Waals surface area contributed by atoms with Crippen molar-refractivity contribution in [1.82, 2.24) is 10.4 Å². The van der Waals surface area contributed by atoms with Crippen molar-refractivity contribution < 1.29 is 4.79 Å². The molecule has 0 radical (unpaired) electrons. The normalized spacial score (nSPS) is 23.8. The summed E-state index contributed by atoms with van der Waals surface area (Å²) < 4.78 is 0. The maximum atomic E-state index is 11.7. The van der Waals surface area contributed by atoms with Crippen molar-refractivity contribution in [3.8, 4) is 0 Å². The first-order chi connectivity index (χ1) is 8.08. The molecule has 2 aliphatic rings. The lowest BCUT2D eigenvalue weighted by Gasteiger charge is -2.07. The van der Waals surface area contributed by atoms with Gasteiger partial charge in [-0.05, 0) is 31.1 Å². The van der Waals surface area contributed by atoms with E-state index < -0.39 is 0 Å². The summed E-state index contributed by atoms with van der Waals surface area (Å²) in [6.07, 6.45) is 3.98. The lowest BCUT2D eigenvalue weighted by molar-refractivity contribution is -0.116. The molecule has 0 spiro atoms. The van der Waals surface area contributed by atoms with Gasteiger partial charge in [0, 0.05) is 11.1 Å². The number of amides is 1. The van der Waals surface area contributed by atoms with Gasteiger partial charge in [0.05, 0.1) is 11.3 Å². The third-order valence-corrected chi connectivity index (χ3v) is 3.53. The van der Waals surface area contributed by atoms with Crippen LogP contribution in [0.5, 0.6) is 0 Å². The molecule has 88 valence electrons. The number of H-pyrrole nitrogens is 1. The molecule has 0 saturated heterocycles. The number of nitrogens with zero attached hydrogens (tertiary/aromatic N) is 1. The Labute approximate surface area is 104 Å². The predicted molar refractivity (Wildman–Crippen MR) is 66.7 cm³/mol. The highest BCUT2D eigenvalue weighted by atomic mass is 35.5. The molecule has 0 bridgehead atoms. The minimum absolute atomic E-state index is 0.0708. The van der Waals surface area contributed by atoms with Gasteiger partial charge in [-0.3, -0.25) is 4.79 Å². The first kappa shape index (κ1) is 10.6. The summed E-state index contributed by atoms with van der Waals surface area (Å²) in [4.78, 5) is 14.7. The van der Waals surface area contributed by atoms with Crippen LogP contribution < -0.4 is 5.43 Å². The number of hydrogen-bond donors (Lipinski definition) is 2. The van der Waals surface area contributed by atoms with Gasteiger partial charge in [-0.15, -0.1) is 0 Å². The molecule has 0 atom stereocenters. The summed E-state index contributed by atoms with van der Waals surface area (Å²) in [6, 6.07) is 3.60. The Kier molecular flexibility index (Phi) is 2.16. The number of carbonyl (C=O) groups excluding carboxylic acids is 1. The first-order valence-corrected chi connectivity index (χ1v) is 5.91. The summed E-state index contributed by atoms with van der Waals surface area (Å²) in [5.41, 5.74) is 4.93. The van der Waals surface area contributed by atoms with E-state index >= 15 is 0 Å². The molecule has 1 amide bonds. The lowest BCUT2D eigenvalue weighted by atomic mass is 9.95. The van der Waals surface area contributed by atoms with Crippen LogP contribution in [0.15, 0.2) is 22.8 Å². The van der Waals surface area contributed by atoms with Crippen molar-refractivity contribution >= 4 is 29.3 Å². The van der Waals surface area contributed by atoms with Gasteiger partial charge in [0.1, 0.15) is 5.15 Å². The topological polar surface area (TPSA) is 57.2 Å². The van der Waals surface area contributed by atoms with Crippen LogP contribution in [-0.4, -0.2) is 16.6 Å². The summed E-state index contributed by atoms with van der Waals surface area (Å²) in [5.74, 6) is -0.140. The van der Waals surface area contributed by atoms with E-state index in [1.807, 2.05) is 6.07 Å². The second-order valence-corrected chi connectivity index (χ2v) is 5.19. The standard InChI is InChI=1S/C12H12ClN3O/c1-12(4-5-12)10-8(11(17)16-15-10)6-7-2-3-9(13)14-7/h2-3,6,14H,4-5H2,1H3,(H,16,17)/b8-6+. The number of nitrogens with one attached hydrogen (secondary N) is 2. The number of hydrazone groups is 1. The van der Waals surface area contributed by atoms with Crippen molar-refractivity contribution in [2.24, 2.45) is 10.5 Å². The number of aromatic amines is 1. The Balaban J connectivity index is 1.97. The van der Waals surface area contributed by atoms with Crippen LogP contribution in [0.3, 0.4) is 0 Å². The Morgan fingerprint density at radius 2 is 2.24 bits per heavy atom. The van der Waals surface area contributed by atoms with Crippen LogP contribution >= 0.6 is 11.6 Å². The average molecular weight is 250 g/mol. The molecule has 1 saturated carbocycles.